The van der Waals surface area contributed by atoms with Gasteiger partial charge in [0.1, 0.15) is 28.8 Å². The van der Waals surface area contributed by atoms with Crippen molar-refractivity contribution in [3.05, 3.63) is 88.2 Å². The molecule has 3 aromatic carbocycles. The molecule has 4 nitrogen and oxygen atoms in total. The van der Waals surface area contributed by atoms with Gasteiger partial charge in [-0.2, -0.15) is 8.78 Å². The van der Waals surface area contributed by atoms with Crippen molar-refractivity contribution < 1.29 is 49.7 Å². The van der Waals surface area contributed by atoms with Crippen molar-refractivity contribution >= 4 is 0 Å². The number of alkyl halides is 2. The molecule has 0 radical (unpaired) electrons. The first-order valence-corrected chi connectivity index (χ1v) is 11.6. The zero-order valence-corrected chi connectivity index (χ0v) is 20.3. The topological polar surface area (TPSA) is 36.9 Å². The van der Waals surface area contributed by atoms with E-state index in [1.54, 1.807) is 0 Å². The first-order chi connectivity index (χ1) is 18.0. The highest BCUT2D eigenvalue weighted by Crippen LogP contribution is 2.38. The Morgan fingerprint density at radius 2 is 1.53 bits per heavy atom. The summed E-state index contributed by atoms with van der Waals surface area (Å²) in [5.74, 6) is -7.92. The van der Waals surface area contributed by atoms with E-state index in [-0.39, 0.29) is 22.6 Å². The van der Waals surface area contributed by atoms with Gasteiger partial charge in [-0.25, -0.2) is 22.0 Å². The predicted octanol–water partition coefficient (Wildman–Crippen LogP) is 7.18. The van der Waals surface area contributed by atoms with Gasteiger partial charge in [-0.15, -0.1) is 0 Å². The first kappa shape index (κ1) is 27.9. The number of rotatable bonds is 8. The Bertz CT molecular complexity index is 1260. The van der Waals surface area contributed by atoms with Gasteiger partial charge in [-0.3, -0.25) is 0 Å². The fourth-order valence-electron chi connectivity index (χ4n) is 3.99. The average Bonchev–Trinajstić information content (AvgIpc) is 2.85. The van der Waals surface area contributed by atoms with Crippen molar-refractivity contribution in [2.45, 2.75) is 26.2 Å². The zero-order valence-electron chi connectivity index (χ0n) is 20.3. The lowest BCUT2D eigenvalue weighted by atomic mass is 10.00. The van der Waals surface area contributed by atoms with E-state index < -0.39 is 52.8 Å². The van der Waals surface area contributed by atoms with Crippen LogP contribution in [-0.4, -0.2) is 26.4 Å². The average molecular weight is 544 g/mol. The largest absolute Gasteiger partial charge is 0.432 e. The van der Waals surface area contributed by atoms with Crippen LogP contribution >= 0.6 is 0 Å². The SMILES string of the molecule is CCOCC1COC(c2ccc(-c3cc(F)c(C(F)(F)Oc4cc(C)c(F)c(F)c4)c(F)c3)c(F)c2)OC1. The van der Waals surface area contributed by atoms with Gasteiger partial charge in [0, 0.05) is 29.7 Å². The van der Waals surface area contributed by atoms with Crippen LogP contribution in [0.2, 0.25) is 0 Å². The van der Waals surface area contributed by atoms with E-state index in [1.807, 2.05) is 6.92 Å². The quantitative estimate of drug-likeness (QED) is 0.282. The molecule has 38 heavy (non-hydrogen) atoms. The molecule has 204 valence electrons. The second kappa shape index (κ2) is 11.3. The van der Waals surface area contributed by atoms with Gasteiger partial charge >= 0.3 is 6.11 Å². The standard InChI is InChI=1S/C27H23F7O4/c1-3-35-11-15-12-36-26(37-13-15)16-4-5-19(20(28)7-16)17-8-21(29)24(22(30)9-17)27(33,34)38-18-6-14(2)25(32)23(31)10-18/h4-10,15,26H,3,11-13H2,1-2H3. The number of hydrogen-bond donors (Lipinski definition) is 0. The van der Waals surface area contributed by atoms with Crippen molar-refractivity contribution in [2.75, 3.05) is 26.4 Å². The third-order valence-corrected chi connectivity index (χ3v) is 5.86. The monoisotopic (exact) mass is 544 g/mol. The van der Waals surface area contributed by atoms with E-state index in [2.05, 4.69) is 4.74 Å². The maximum atomic E-state index is 14.9. The lowest BCUT2D eigenvalue weighted by Crippen LogP contribution is -2.30. The van der Waals surface area contributed by atoms with Gasteiger partial charge in [0.25, 0.3) is 0 Å². The van der Waals surface area contributed by atoms with Crippen LogP contribution in [0.15, 0.2) is 42.5 Å². The summed E-state index contributed by atoms with van der Waals surface area (Å²) in [6.45, 7) is 4.62. The van der Waals surface area contributed by atoms with E-state index >= 15 is 0 Å². The fraction of sp³-hybridized carbons (Fsp3) is 0.333. The highest BCUT2D eigenvalue weighted by atomic mass is 19.3. The van der Waals surface area contributed by atoms with Crippen LogP contribution < -0.4 is 4.74 Å². The summed E-state index contributed by atoms with van der Waals surface area (Å²) in [6.07, 6.45) is -5.45. The Labute approximate surface area is 213 Å². The van der Waals surface area contributed by atoms with Crippen molar-refractivity contribution in [1.29, 1.82) is 0 Å². The summed E-state index contributed by atoms with van der Waals surface area (Å²) in [6, 6.07) is 5.85. The van der Waals surface area contributed by atoms with Crippen LogP contribution in [0.3, 0.4) is 0 Å². The summed E-state index contributed by atoms with van der Waals surface area (Å²) in [7, 11) is 0. The number of halogens is 7. The molecule has 1 saturated heterocycles. The third-order valence-electron chi connectivity index (χ3n) is 5.86. The fourth-order valence-corrected chi connectivity index (χ4v) is 3.99. The van der Waals surface area contributed by atoms with Gasteiger partial charge in [-0.1, -0.05) is 12.1 Å². The van der Waals surface area contributed by atoms with Gasteiger partial charge in [0.05, 0.1) is 19.8 Å². The molecule has 1 aliphatic rings. The second-order valence-electron chi connectivity index (χ2n) is 8.73. The van der Waals surface area contributed by atoms with Gasteiger partial charge in [0.2, 0.25) is 0 Å². The number of hydrogen-bond acceptors (Lipinski definition) is 4. The highest BCUT2D eigenvalue weighted by molar-refractivity contribution is 5.65. The first-order valence-electron chi connectivity index (χ1n) is 11.6. The van der Waals surface area contributed by atoms with Crippen LogP contribution in [-0.2, 0) is 20.3 Å². The van der Waals surface area contributed by atoms with E-state index in [9.17, 15) is 30.7 Å². The highest BCUT2D eigenvalue weighted by Gasteiger charge is 2.41. The molecule has 0 aromatic heterocycles. The van der Waals surface area contributed by atoms with E-state index in [0.717, 1.165) is 19.1 Å². The van der Waals surface area contributed by atoms with Crippen molar-refractivity contribution in [3.8, 4) is 16.9 Å². The molecule has 0 spiro atoms. The molecule has 0 saturated carbocycles. The predicted molar refractivity (Wildman–Crippen MR) is 122 cm³/mol. The molecule has 0 bridgehead atoms. The van der Waals surface area contributed by atoms with Gasteiger partial charge in [0.15, 0.2) is 17.9 Å². The van der Waals surface area contributed by atoms with Crippen LogP contribution in [0.5, 0.6) is 5.75 Å². The normalized spacial score (nSPS) is 18.0. The summed E-state index contributed by atoms with van der Waals surface area (Å²) < 4.78 is 122. The second-order valence-corrected chi connectivity index (χ2v) is 8.73. The van der Waals surface area contributed by atoms with Gasteiger partial charge in [-0.05, 0) is 49.2 Å². The Kier molecular flexibility index (Phi) is 8.29. The number of ether oxygens (including phenoxy) is 4. The Balaban J connectivity index is 1.54. The molecular formula is C27H23F7O4. The molecule has 4 rings (SSSR count). The lowest BCUT2D eigenvalue weighted by Gasteiger charge is -2.29. The molecule has 0 amide bonds. The van der Waals surface area contributed by atoms with Crippen LogP contribution in [0.4, 0.5) is 30.7 Å². The lowest BCUT2D eigenvalue weighted by molar-refractivity contribution is -0.212. The minimum atomic E-state index is -4.60. The van der Waals surface area contributed by atoms with E-state index in [0.29, 0.717) is 50.2 Å². The molecule has 0 N–H and O–H groups in total. The summed E-state index contributed by atoms with van der Waals surface area (Å²) in [5.41, 5.74) is -2.41. The summed E-state index contributed by atoms with van der Waals surface area (Å²) in [5, 5.41) is 0. The smallest absolute Gasteiger partial charge is 0.429 e. The van der Waals surface area contributed by atoms with E-state index in [4.69, 9.17) is 14.2 Å². The minimum Gasteiger partial charge on any atom is -0.429 e. The Morgan fingerprint density at radius 3 is 2.11 bits per heavy atom. The van der Waals surface area contributed by atoms with Gasteiger partial charge < -0.3 is 18.9 Å². The van der Waals surface area contributed by atoms with Crippen molar-refractivity contribution in [1.82, 2.24) is 0 Å². The molecule has 11 heteroatoms. The van der Waals surface area contributed by atoms with Crippen LogP contribution in [0.25, 0.3) is 11.1 Å². The summed E-state index contributed by atoms with van der Waals surface area (Å²) >= 11 is 0. The zero-order chi connectivity index (χ0) is 27.6. The van der Waals surface area contributed by atoms with Crippen molar-refractivity contribution in [3.63, 3.8) is 0 Å². The number of benzene rings is 3. The molecular weight excluding hydrogens is 521 g/mol. The van der Waals surface area contributed by atoms with Crippen molar-refractivity contribution in [2.24, 2.45) is 5.92 Å². The summed E-state index contributed by atoms with van der Waals surface area (Å²) in [4.78, 5) is 0. The molecule has 3 aromatic rings. The Hall–Kier alpha value is -3.15. The maximum Gasteiger partial charge on any atom is 0.432 e. The van der Waals surface area contributed by atoms with Crippen LogP contribution in [0, 0.1) is 41.9 Å². The van der Waals surface area contributed by atoms with E-state index in [1.165, 1.54) is 12.1 Å². The Morgan fingerprint density at radius 1 is 0.868 bits per heavy atom. The molecule has 1 heterocycles. The molecule has 1 aliphatic heterocycles. The molecule has 0 aliphatic carbocycles. The molecule has 0 unspecified atom stereocenters. The molecule has 1 fully saturated rings. The minimum absolute atomic E-state index is 0.0213. The molecule has 0 atom stereocenters. The van der Waals surface area contributed by atoms with Crippen LogP contribution in [0.1, 0.15) is 29.9 Å². The maximum absolute atomic E-state index is 14.9. The number of aryl methyl sites for hydroxylation is 1. The third kappa shape index (κ3) is 5.95.